The lowest BCUT2D eigenvalue weighted by Crippen LogP contribution is -2.44. The van der Waals surface area contributed by atoms with Crippen LogP contribution in [0.25, 0.3) is 54.4 Å². The lowest BCUT2D eigenvalue weighted by atomic mass is 10.0. The number of aliphatic hydroxyl groups is 1. The minimum absolute atomic E-state index is 0.0669. The van der Waals surface area contributed by atoms with Gasteiger partial charge in [-0.1, -0.05) is 36.4 Å². The van der Waals surface area contributed by atoms with E-state index in [0.29, 0.717) is 0 Å². The SMILES string of the molecule is CC(C)NC(=O)OCC1(O)Cn2c3ccccc3c3c4c[nH]c(O)c4c4c5ccccc5n(c4c32)C1. The van der Waals surface area contributed by atoms with E-state index in [1.807, 2.05) is 62.5 Å². The van der Waals surface area contributed by atoms with Crippen molar-refractivity contribution in [2.24, 2.45) is 0 Å². The summed E-state index contributed by atoms with van der Waals surface area (Å²) in [6, 6.07) is 16.1. The third-order valence-corrected chi connectivity index (χ3v) is 7.33. The van der Waals surface area contributed by atoms with Crippen LogP contribution in [0.5, 0.6) is 5.88 Å². The molecule has 0 fully saturated rings. The van der Waals surface area contributed by atoms with Crippen molar-refractivity contribution >= 4 is 60.5 Å². The Morgan fingerprint density at radius 2 is 1.56 bits per heavy atom. The molecule has 36 heavy (non-hydrogen) atoms. The Morgan fingerprint density at radius 3 is 2.19 bits per heavy atom. The molecular formula is C28H26N4O4. The number of rotatable bonds is 3. The van der Waals surface area contributed by atoms with E-state index in [2.05, 4.69) is 25.5 Å². The maximum Gasteiger partial charge on any atom is 0.407 e. The highest BCUT2D eigenvalue weighted by Gasteiger charge is 2.37. The topological polar surface area (TPSA) is 104 Å². The molecule has 0 saturated heterocycles. The molecule has 1 amide bonds. The zero-order valence-electron chi connectivity index (χ0n) is 20.0. The summed E-state index contributed by atoms with van der Waals surface area (Å²) in [6.07, 6.45) is 1.31. The van der Waals surface area contributed by atoms with Crippen molar-refractivity contribution in [1.29, 1.82) is 0 Å². The second kappa shape index (κ2) is 7.18. The van der Waals surface area contributed by atoms with Gasteiger partial charge in [-0.3, -0.25) is 0 Å². The highest BCUT2D eigenvalue weighted by Crippen LogP contribution is 2.48. The van der Waals surface area contributed by atoms with Gasteiger partial charge in [0.1, 0.15) is 12.2 Å². The summed E-state index contributed by atoms with van der Waals surface area (Å²) in [5.41, 5.74) is 2.51. The van der Waals surface area contributed by atoms with Gasteiger partial charge < -0.3 is 34.4 Å². The Labute approximate surface area is 205 Å². The van der Waals surface area contributed by atoms with Gasteiger partial charge in [-0.15, -0.1) is 0 Å². The summed E-state index contributed by atoms with van der Waals surface area (Å²) in [4.78, 5) is 15.4. The fourth-order valence-electron chi connectivity index (χ4n) is 6.02. The highest BCUT2D eigenvalue weighted by molar-refractivity contribution is 6.36. The zero-order valence-corrected chi connectivity index (χ0v) is 20.0. The van der Waals surface area contributed by atoms with Gasteiger partial charge in [0.15, 0.2) is 5.88 Å². The highest BCUT2D eigenvalue weighted by atomic mass is 16.6. The maximum absolute atomic E-state index is 12.3. The van der Waals surface area contributed by atoms with Gasteiger partial charge in [-0.25, -0.2) is 4.79 Å². The van der Waals surface area contributed by atoms with E-state index >= 15 is 0 Å². The van der Waals surface area contributed by atoms with Gasteiger partial charge in [0, 0.05) is 50.2 Å². The number of alkyl carbamates (subject to hydrolysis) is 1. The van der Waals surface area contributed by atoms with Gasteiger partial charge in [-0.05, 0) is 26.0 Å². The van der Waals surface area contributed by atoms with Crippen LogP contribution in [0.15, 0.2) is 54.7 Å². The molecule has 1 unspecified atom stereocenters. The summed E-state index contributed by atoms with van der Waals surface area (Å²) >= 11 is 0. The monoisotopic (exact) mass is 482 g/mol. The summed E-state index contributed by atoms with van der Waals surface area (Å²) in [5, 5.41) is 31.4. The number of H-pyrrole nitrogens is 1. The van der Waals surface area contributed by atoms with Crippen LogP contribution < -0.4 is 5.32 Å². The summed E-state index contributed by atoms with van der Waals surface area (Å²) in [6.45, 7) is 4.04. The molecule has 0 aliphatic carbocycles. The van der Waals surface area contributed by atoms with Gasteiger partial charge in [0.05, 0.1) is 29.5 Å². The van der Waals surface area contributed by atoms with Crippen molar-refractivity contribution < 1.29 is 19.7 Å². The van der Waals surface area contributed by atoms with Crippen LogP contribution >= 0.6 is 0 Å². The first kappa shape index (κ1) is 21.1. The molecular weight excluding hydrogens is 456 g/mol. The molecule has 0 bridgehead atoms. The zero-order chi connectivity index (χ0) is 24.8. The fourth-order valence-corrected chi connectivity index (χ4v) is 6.02. The van der Waals surface area contributed by atoms with Crippen LogP contribution in [-0.2, 0) is 17.8 Å². The molecule has 1 atom stereocenters. The number of aromatic amines is 1. The van der Waals surface area contributed by atoms with E-state index < -0.39 is 11.7 Å². The van der Waals surface area contributed by atoms with Crippen molar-refractivity contribution in [2.75, 3.05) is 6.61 Å². The normalized spacial score (nSPS) is 17.8. The Bertz CT molecular complexity index is 1860. The number of nitrogens with zero attached hydrogens (tertiary/aromatic N) is 2. The summed E-state index contributed by atoms with van der Waals surface area (Å²) < 4.78 is 9.79. The molecule has 7 rings (SSSR count). The Hall–Kier alpha value is -4.17. The molecule has 4 N–H and O–H groups in total. The molecule has 1 aliphatic heterocycles. The average molecular weight is 483 g/mol. The van der Waals surface area contributed by atoms with Gasteiger partial charge in [0.2, 0.25) is 0 Å². The molecule has 3 aromatic carbocycles. The first-order valence-corrected chi connectivity index (χ1v) is 12.2. The largest absolute Gasteiger partial charge is 0.494 e. The first-order valence-electron chi connectivity index (χ1n) is 12.2. The predicted molar refractivity (Wildman–Crippen MR) is 141 cm³/mol. The minimum Gasteiger partial charge on any atom is -0.494 e. The van der Waals surface area contributed by atoms with E-state index in [1.54, 1.807) is 0 Å². The number of para-hydroxylation sites is 2. The fraction of sp³-hybridized carbons (Fsp3) is 0.250. The quantitative estimate of drug-likeness (QED) is 0.286. The number of benzene rings is 3. The number of amides is 1. The number of carbonyl (C=O) groups excluding carboxylic acids is 1. The predicted octanol–water partition coefficient (Wildman–Crippen LogP) is 4.97. The van der Waals surface area contributed by atoms with E-state index in [0.717, 1.165) is 54.4 Å². The van der Waals surface area contributed by atoms with Crippen LogP contribution in [0.1, 0.15) is 13.8 Å². The number of carbonyl (C=O) groups is 1. The third kappa shape index (κ3) is 2.76. The lowest BCUT2D eigenvalue weighted by Gasteiger charge is -2.28. The number of fused-ring (bicyclic) bond motifs is 9. The van der Waals surface area contributed by atoms with E-state index in [4.69, 9.17) is 4.74 Å². The van der Waals surface area contributed by atoms with Crippen LogP contribution in [0.3, 0.4) is 0 Å². The molecule has 8 heteroatoms. The standard InChI is InChI=1S/C28H26N4O4/c1-15(2)30-27(34)36-14-28(35)12-31-19-9-5-3-7-16(19)21-18-11-29-26(33)23(18)22-17-8-4-6-10-20(17)32(13-28)25(22)24(21)31/h3-11,15,29,33,35H,12-14H2,1-2H3,(H,30,34). The Balaban J connectivity index is 1.60. The lowest BCUT2D eigenvalue weighted by molar-refractivity contribution is -0.0425. The van der Waals surface area contributed by atoms with Crippen molar-refractivity contribution in [3.8, 4) is 5.88 Å². The summed E-state index contributed by atoms with van der Waals surface area (Å²) in [7, 11) is 0. The first-order chi connectivity index (χ1) is 17.4. The second-order valence-electron chi connectivity index (χ2n) is 10.2. The molecule has 8 nitrogen and oxygen atoms in total. The van der Waals surface area contributed by atoms with Crippen molar-refractivity contribution in [3.63, 3.8) is 0 Å². The number of ether oxygens (including phenoxy) is 1. The van der Waals surface area contributed by atoms with Crippen LogP contribution in [0.2, 0.25) is 0 Å². The Kier molecular flexibility index (Phi) is 4.21. The average Bonchev–Trinajstić information content (AvgIpc) is 3.45. The molecule has 0 spiro atoms. The van der Waals surface area contributed by atoms with Gasteiger partial charge >= 0.3 is 6.09 Å². The molecule has 182 valence electrons. The maximum atomic E-state index is 12.3. The molecule has 1 aliphatic rings. The second-order valence-corrected chi connectivity index (χ2v) is 10.2. The van der Waals surface area contributed by atoms with Crippen LogP contribution in [0, 0.1) is 0 Å². The molecule has 3 aromatic heterocycles. The Morgan fingerprint density at radius 1 is 0.972 bits per heavy atom. The van der Waals surface area contributed by atoms with Crippen LogP contribution in [-0.4, -0.2) is 48.7 Å². The van der Waals surface area contributed by atoms with E-state index in [-0.39, 0.29) is 31.6 Å². The summed E-state index contributed by atoms with van der Waals surface area (Å²) in [5.74, 6) is 0.125. The van der Waals surface area contributed by atoms with Crippen molar-refractivity contribution in [3.05, 3.63) is 54.7 Å². The number of nitrogens with one attached hydrogen (secondary N) is 2. The van der Waals surface area contributed by atoms with E-state index in [9.17, 15) is 15.0 Å². The van der Waals surface area contributed by atoms with Crippen molar-refractivity contribution in [1.82, 2.24) is 19.4 Å². The van der Waals surface area contributed by atoms with Crippen LogP contribution in [0.4, 0.5) is 4.79 Å². The van der Waals surface area contributed by atoms with E-state index in [1.165, 1.54) is 0 Å². The smallest absolute Gasteiger partial charge is 0.407 e. The third-order valence-electron chi connectivity index (χ3n) is 7.33. The van der Waals surface area contributed by atoms with Gasteiger partial charge in [-0.2, -0.15) is 0 Å². The molecule has 6 aromatic rings. The molecule has 0 radical (unpaired) electrons. The number of aromatic nitrogens is 3. The molecule has 0 saturated carbocycles. The van der Waals surface area contributed by atoms with Gasteiger partial charge in [0.25, 0.3) is 0 Å². The number of aromatic hydroxyl groups is 1. The molecule has 4 heterocycles. The van der Waals surface area contributed by atoms with Crippen molar-refractivity contribution in [2.45, 2.75) is 38.6 Å². The minimum atomic E-state index is -1.37. The number of hydrogen-bond acceptors (Lipinski definition) is 4. The number of hydrogen-bond donors (Lipinski definition) is 4.